The van der Waals surface area contributed by atoms with Crippen molar-refractivity contribution in [3.05, 3.63) is 0 Å². The third-order valence-corrected chi connectivity index (χ3v) is 20.0. The van der Waals surface area contributed by atoms with Crippen LogP contribution in [0.4, 0.5) is 4.39 Å². The Hall–Kier alpha value is 0.494. The number of alkyl halides is 2. The molecule has 4 nitrogen and oxygen atoms in total. The van der Waals surface area contributed by atoms with Crippen LogP contribution >= 0.6 is 11.6 Å². The second-order valence-electron chi connectivity index (χ2n) is 11.2. The van der Waals surface area contributed by atoms with Crippen LogP contribution in [-0.2, 0) is 13.6 Å². The predicted octanol–water partition coefficient (Wildman–Crippen LogP) is 7.36. The lowest BCUT2D eigenvalue weighted by Crippen LogP contribution is -2.55. The molecule has 1 fully saturated rings. The first-order chi connectivity index (χ1) is 14.0. The molecule has 1 heterocycles. The van der Waals surface area contributed by atoms with Crippen molar-refractivity contribution in [1.29, 1.82) is 0 Å². The molecule has 31 heavy (non-hydrogen) atoms. The number of rotatable bonds is 11. The quantitative estimate of drug-likeness (QED) is 0.238. The number of aliphatic hydroxyl groups is 1. The highest BCUT2D eigenvalue weighted by atomic mass is 35.5. The highest BCUT2D eigenvalue weighted by molar-refractivity contribution is 6.78. The topological polar surface area (TPSA) is 47.9 Å². The third-order valence-electron chi connectivity index (χ3n) is 7.56. The fraction of sp³-hybridized carbons (Fsp3) is 1.00. The molecule has 8 heteroatoms. The fourth-order valence-corrected chi connectivity index (χ4v) is 17.6. The van der Waals surface area contributed by atoms with Crippen molar-refractivity contribution >= 4 is 28.2 Å². The number of ether oxygens (including phenoxy) is 1. The van der Waals surface area contributed by atoms with Gasteiger partial charge in [0, 0.05) is 0 Å². The molecular weight excluding hydrogens is 451 g/mol. The molecule has 0 spiro atoms. The van der Waals surface area contributed by atoms with Gasteiger partial charge in [-0.15, -0.1) is 0 Å². The zero-order valence-corrected chi connectivity index (χ0v) is 24.6. The van der Waals surface area contributed by atoms with Gasteiger partial charge >= 0.3 is 0 Å². The third kappa shape index (κ3) is 5.60. The average Bonchev–Trinajstić information content (AvgIpc) is 2.80. The predicted molar refractivity (Wildman–Crippen MR) is 133 cm³/mol. The summed E-state index contributed by atoms with van der Waals surface area (Å²) >= 11 is 6.06. The Balaban J connectivity index is 3.30. The standard InChI is InChI=1S/C23H48ClFO4Si2/c1-14(2)30(15(3)4,16(5)6)27-13-20-21(22(25)23(24,26)28-20)29-31(17(7)8,18(9)10)19(11)12/h14-22,26H,13H2,1-12H3/t20-,21-,22+,23?/m1/s1. The van der Waals surface area contributed by atoms with E-state index in [-0.39, 0.29) is 23.2 Å². The minimum Gasteiger partial charge on any atom is -0.413 e. The van der Waals surface area contributed by atoms with Gasteiger partial charge in [0.15, 0.2) is 14.5 Å². The Kier molecular flexibility index (Phi) is 10.3. The summed E-state index contributed by atoms with van der Waals surface area (Å²) in [6.45, 7) is 26.4. The molecule has 0 aromatic heterocycles. The van der Waals surface area contributed by atoms with Crippen molar-refractivity contribution in [2.75, 3.05) is 6.61 Å². The molecule has 186 valence electrons. The second-order valence-corrected chi connectivity index (χ2v) is 22.6. The van der Waals surface area contributed by atoms with Crippen LogP contribution in [0.25, 0.3) is 0 Å². The van der Waals surface area contributed by atoms with Crippen molar-refractivity contribution in [2.24, 2.45) is 0 Å². The van der Waals surface area contributed by atoms with Crippen molar-refractivity contribution in [2.45, 2.75) is 140 Å². The van der Waals surface area contributed by atoms with Gasteiger partial charge in [0.2, 0.25) is 8.32 Å². The maximum atomic E-state index is 15.4. The Labute approximate surface area is 197 Å². The van der Waals surface area contributed by atoms with Gasteiger partial charge in [-0.05, 0) is 33.2 Å². The van der Waals surface area contributed by atoms with Crippen molar-refractivity contribution in [1.82, 2.24) is 0 Å². The van der Waals surface area contributed by atoms with E-state index >= 15 is 4.39 Å². The molecule has 0 amide bonds. The Morgan fingerprint density at radius 2 is 1.16 bits per heavy atom. The van der Waals surface area contributed by atoms with E-state index < -0.39 is 40.3 Å². The van der Waals surface area contributed by atoms with E-state index in [0.717, 1.165) is 0 Å². The van der Waals surface area contributed by atoms with E-state index in [1.54, 1.807) is 0 Å². The molecule has 0 aliphatic carbocycles. The van der Waals surface area contributed by atoms with Gasteiger partial charge in [0.05, 0.1) is 6.61 Å². The maximum absolute atomic E-state index is 15.4. The van der Waals surface area contributed by atoms with Crippen LogP contribution in [0.3, 0.4) is 0 Å². The maximum Gasteiger partial charge on any atom is 0.281 e. The molecule has 0 radical (unpaired) electrons. The number of halogens is 2. The van der Waals surface area contributed by atoms with E-state index in [0.29, 0.717) is 16.6 Å². The molecular formula is C23H48ClFO4Si2. The van der Waals surface area contributed by atoms with E-state index in [1.165, 1.54) is 0 Å². The van der Waals surface area contributed by atoms with Crippen molar-refractivity contribution in [3.63, 3.8) is 0 Å². The SMILES string of the molecule is CC(C)[Si](OC[C@H]1OC(O)(Cl)[C@@H](F)[C@@H]1O[Si](C(C)C)(C(C)C)C(C)C)(C(C)C)C(C)C. The minimum absolute atomic E-state index is 0.180. The van der Waals surface area contributed by atoms with E-state index in [9.17, 15) is 5.11 Å². The molecule has 1 aliphatic heterocycles. The zero-order chi connectivity index (χ0) is 24.5. The molecule has 1 N–H and O–H groups in total. The van der Waals surface area contributed by atoms with E-state index in [2.05, 4.69) is 83.1 Å². The van der Waals surface area contributed by atoms with Crippen molar-refractivity contribution < 1.29 is 23.1 Å². The highest BCUT2D eigenvalue weighted by Gasteiger charge is 2.60. The van der Waals surface area contributed by atoms with Gasteiger partial charge in [0.1, 0.15) is 12.2 Å². The van der Waals surface area contributed by atoms with Crippen LogP contribution in [0, 0.1) is 0 Å². The summed E-state index contributed by atoms with van der Waals surface area (Å²) in [5, 5.41) is 8.05. The Bertz CT molecular complexity index is 526. The van der Waals surface area contributed by atoms with Gasteiger partial charge < -0.3 is 18.7 Å². The molecule has 1 unspecified atom stereocenters. The lowest BCUT2D eigenvalue weighted by molar-refractivity contribution is -0.155. The van der Waals surface area contributed by atoms with Crippen LogP contribution in [0.5, 0.6) is 0 Å². The first kappa shape index (κ1) is 29.5. The van der Waals surface area contributed by atoms with Gasteiger partial charge in [-0.3, -0.25) is 0 Å². The molecule has 0 saturated carbocycles. The molecule has 4 atom stereocenters. The molecule has 1 rings (SSSR count). The Morgan fingerprint density at radius 1 is 0.806 bits per heavy atom. The Morgan fingerprint density at radius 3 is 1.48 bits per heavy atom. The summed E-state index contributed by atoms with van der Waals surface area (Å²) < 4.78 is 34.4. The van der Waals surface area contributed by atoms with Gasteiger partial charge in [-0.25, -0.2) is 4.39 Å². The lowest BCUT2D eigenvalue weighted by atomic mass is 10.2. The summed E-state index contributed by atoms with van der Waals surface area (Å²) in [6, 6.07) is 0. The van der Waals surface area contributed by atoms with Gasteiger partial charge in [0.25, 0.3) is 5.25 Å². The average molecular weight is 499 g/mol. The van der Waals surface area contributed by atoms with E-state index in [1.807, 2.05) is 0 Å². The summed E-state index contributed by atoms with van der Waals surface area (Å²) in [4.78, 5) is 0. The van der Waals surface area contributed by atoms with Crippen LogP contribution in [0.1, 0.15) is 83.1 Å². The smallest absolute Gasteiger partial charge is 0.281 e. The number of hydrogen-bond acceptors (Lipinski definition) is 4. The molecule has 0 aromatic carbocycles. The lowest BCUT2D eigenvalue weighted by Gasteiger charge is -2.46. The summed E-state index contributed by atoms with van der Waals surface area (Å²) in [6.07, 6.45) is -3.53. The van der Waals surface area contributed by atoms with Gasteiger partial charge in [-0.2, -0.15) is 0 Å². The monoisotopic (exact) mass is 498 g/mol. The van der Waals surface area contributed by atoms with Crippen LogP contribution in [0.15, 0.2) is 0 Å². The highest BCUT2D eigenvalue weighted by Crippen LogP contribution is 2.48. The van der Waals surface area contributed by atoms with Gasteiger partial charge in [-0.1, -0.05) is 94.7 Å². The fourth-order valence-electron chi connectivity index (χ4n) is 6.37. The molecule has 0 bridgehead atoms. The van der Waals surface area contributed by atoms with E-state index in [4.69, 9.17) is 25.2 Å². The zero-order valence-electron chi connectivity index (χ0n) is 21.8. The largest absolute Gasteiger partial charge is 0.413 e. The summed E-state index contributed by atoms with van der Waals surface area (Å²) in [5.74, 6) is 0. The second kappa shape index (κ2) is 10.8. The van der Waals surface area contributed by atoms with Crippen molar-refractivity contribution in [3.8, 4) is 0 Å². The first-order valence-electron chi connectivity index (χ1n) is 12.0. The van der Waals surface area contributed by atoms with Crippen LogP contribution in [0.2, 0.25) is 33.2 Å². The first-order valence-corrected chi connectivity index (χ1v) is 16.7. The summed E-state index contributed by atoms with van der Waals surface area (Å²) in [7, 11) is -4.60. The number of hydrogen-bond donors (Lipinski definition) is 1. The van der Waals surface area contributed by atoms with Crippen LogP contribution < -0.4 is 0 Å². The normalized spacial score (nSPS) is 28.4. The molecule has 0 aromatic rings. The summed E-state index contributed by atoms with van der Waals surface area (Å²) in [5.41, 5.74) is 2.00. The molecule has 1 aliphatic rings. The molecule has 1 saturated heterocycles. The van der Waals surface area contributed by atoms with Crippen LogP contribution in [-0.4, -0.2) is 52.0 Å². The minimum atomic E-state index is -2.41.